The maximum atomic E-state index is 13.1. The van der Waals surface area contributed by atoms with Crippen molar-refractivity contribution in [1.29, 1.82) is 0 Å². The minimum absolute atomic E-state index is 0.206. The first-order valence-electron chi connectivity index (χ1n) is 7.93. The largest absolute Gasteiger partial charge is 0.375 e. The smallest absolute Gasteiger partial charge is 0.333 e. The van der Waals surface area contributed by atoms with Crippen LogP contribution < -0.4 is 5.73 Å². The Kier molecular flexibility index (Phi) is 5.92. The van der Waals surface area contributed by atoms with Gasteiger partial charge in [-0.05, 0) is 17.7 Å². The van der Waals surface area contributed by atoms with Crippen molar-refractivity contribution in [3.63, 3.8) is 0 Å². The molecule has 0 radical (unpaired) electrons. The van der Waals surface area contributed by atoms with Crippen molar-refractivity contribution in [2.75, 3.05) is 13.2 Å². The summed E-state index contributed by atoms with van der Waals surface area (Å²) < 4.78 is 32.3. The minimum atomic E-state index is -2.76. The fourth-order valence-electron chi connectivity index (χ4n) is 2.56. The van der Waals surface area contributed by atoms with E-state index in [1.165, 1.54) is 12.3 Å². The van der Waals surface area contributed by atoms with Crippen LogP contribution in [0, 0.1) is 0 Å². The van der Waals surface area contributed by atoms with Gasteiger partial charge in [0.05, 0.1) is 31.1 Å². The van der Waals surface area contributed by atoms with Gasteiger partial charge in [-0.25, -0.2) is 9.67 Å². The van der Waals surface area contributed by atoms with Gasteiger partial charge in [-0.15, -0.1) is 0 Å². The number of halogens is 3. The molecule has 0 saturated carbocycles. The Balaban J connectivity index is 1.66. The molecule has 136 valence electrons. The lowest BCUT2D eigenvalue weighted by atomic mass is 10.1. The van der Waals surface area contributed by atoms with Gasteiger partial charge in [0.1, 0.15) is 10.7 Å². The summed E-state index contributed by atoms with van der Waals surface area (Å²) in [5.74, 6) is 0. The summed E-state index contributed by atoms with van der Waals surface area (Å²) in [4.78, 5) is 4.10. The molecule has 0 amide bonds. The highest BCUT2D eigenvalue weighted by Gasteiger charge is 2.15. The topological polar surface area (TPSA) is 66.0 Å². The zero-order valence-electron chi connectivity index (χ0n) is 13.7. The average Bonchev–Trinajstić information content (AvgIpc) is 3.06. The molecule has 3 rings (SSSR count). The van der Waals surface area contributed by atoms with Crippen molar-refractivity contribution in [3.8, 4) is 0 Å². The van der Waals surface area contributed by atoms with Crippen molar-refractivity contribution in [1.82, 2.24) is 14.8 Å². The number of nitrogens with two attached hydrogens (primary N) is 1. The number of ether oxygens (including phenoxy) is 1. The van der Waals surface area contributed by atoms with Gasteiger partial charge in [-0.2, -0.15) is 13.9 Å². The van der Waals surface area contributed by atoms with Gasteiger partial charge in [0.25, 0.3) is 0 Å². The van der Waals surface area contributed by atoms with E-state index < -0.39 is 6.55 Å². The SMILES string of the molecule is N[C@H](COCC=Cc1nc(Cl)cc2cnn(C(F)F)c12)c1ccccc1. The van der Waals surface area contributed by atoms with Crippen molar-refractivity contribution in [2.45, 2.75) is 12.6 Å². The molecule has 0 fully saturated rings. The van der Waals surface area contributed by atoms with E-state index in [-0.39, 0.29) is 23.3 Å². The number of pyridine rings is 1. The van der Waals surface area contributed by atoms with Gasteiger partial charge in [0.2, 0.25) is 0 Å². The van der Waals surface area contributed by atoms with E-state index in [1.54, 1.807) is 12.2 Å². The summed E-state index contributed by atoms with van der Waals surface area (Å²) in [6.45, 7) is -2.16. The van der Waals surface area contributed by atoms with Gasteiger partial charge < -0.3 is 10.5 Å². The van der Waals surface area contributed by atoms with Gasteiger partial charge >= 0.3 is 6.55 Å². The number of aromatic nitrogens is 3. The molecule has 0 saturated heterocycles. The Morgan fingerprint density at radius 3 is 2.77 bits per heavy atom. The summed E-state index contributed by atoms with van der Waals surface area (Å²) >= 11 is 5.94. The van der Waals surface area contributed by atoms with Crippen LogP contribution in [-0.2, 0) is 4.74 Å². The third kappa shape index (κ3) is 4.24. The van der Waals surface area contributed by atoms with E-state index in [4.69, 9.17) is 22.1 Å². The third-order valence-corrected chi connectivity index (χ3v) is 3.96. The van der Waals surface area contributed by atoms with Crippen molar-refractivity contribution in [2.24, 2.45) is 5.73 Å². The summed E-state index contributed by atoms with van der Waals surface area (Å²) in [5, 5.41) is 4.39. The van der Waals surface area contributed by atoms with Gasteiger partial charge in [-0.1, -0.05) is 48.0 Å². The van der Waals surface area contributed by atoms with Gasteiger partial charge in [0, 0.05) is 5.39 Å². The van der Waals surface area contributed by atoms with Crippen LogP contribution in [0.3, 0.4) is 0 Å². The van der Waals surface area contributed by atoms with Crippen LogP contribution >= 0.6 is 11.6 Å². The second kappa shape index (κ2) is 8.35. The van der Waals surface area contributed by atoms with Crippen LogP contribution in [0.25, 0.3) is 17.0 Å². The van der Waals surface area contributed by atoms with E-state index in [9.17, 15) is 8.78 Å². The van der Waals surface area contributed by atoms with Crippen molar-refractivity contribution in [3.05, 3.63) is 65.1 Å². The lowest BCUT2D eigenvalue weighted by Crippen LogP contribution is -2.17. The normalized spacial score (nSPS) is 13.1. The van der Waals surface area contributed by atoms with Crippen LogP contribution in [0.5, 0.6) is 0 Å². The molecule has 1 aromatic carbocycles. The van der Waals surface area contributed by atoms with Gasteiger partial charge in [0.15, 0.2) is 0 Å². The molecular formula is C18H17ClF2N4O. The zero-order valence-corrected chi connectivity index (χ0v) is 14.5. The Morgan fingerprint density at radius 1 is 1.27 bits per heavy atom. The van der Waals surface area contributed by atoms with E-state index in [1.807, 2.05) is 30.3 Å². The zero-order chi connectivity index (χ0) is 18.5. The predicted molar refractivity (Wildman–Crippen MR) is 97.0 cm³/mol. The number of hydrogen-bond acceptors (Lipinski definition) is 4. The average molecular weight is 379 g/mol. The number of hydrogen-bond donors (Lipinski definition) is 1. The Hall–Kier alpha value is -2.35. The molecule has 0 unspecified atom stereocenters. The number of nitrogens with zero attached hydrogens (tertiary/aromatic N) is 3. The number of benzene rings is 1. The lowest BCUT2D eigenvalue weighted by molar-refractivity contribution is 0.0614. The standard InChI is InChI=1S/C18H17ClF2N4O/c19-16-9-13-10-23-25(18(20)21)17(13)15(24-16)7-4-8-26-11-14(22)12-5-2-1-3-6-12/h1-7,9-10,14,18H,8,11,22H2/t14-/m1/s1. The number of fused-ring (bicyclic) bond motifs is 1. The quantitative estimate of drug-likeness (QED) is 0.494. The monoisotopic (exact) mass is 378 g/mol. The molecule has 2 N–H and O–H groups in total. The van der Waals surface area contributed by atoms with Gasteiger partial charge in [-0.3, -0.25) is 0 Å². The third-order valence-electron chi connectivity index (χ3n) is 3.77. The number of alkyl halides is 2. The molecule has 1 atom stereocenters. The van der Waals surface area contributed by atoms with E-state index >= 15 is 0 Å². The Labute approximate surface area is 154 Å². The molecule has 3 aromatic rings. The lowest BCUT2D eigenvalue weighted by Gasteiger charge is -2.11. The number of rotatable bonds is 7. The summed E-state index contributed by atoms with van der Waals surface area (Å²) in [5.41, 5.74) is 7.56. The Morgan fingerprint density at radius 2 is 2.04 bits per heavy atom. The molecular weight excluding hydrogens is 362 g/mol. The van der Waals surface area contributed by atoms with Crippen molar-refractivity contribution >= 4 is 28.6 Å². The highest BCUT2D eigenvalue weighted by Crippen LogP contribution is 2.25. The highest BCUT2D eigenvalue weighted by molar-refractivity contribution is 6.30. The predicted octanol–water partition coefficient (Wildman–Crippen LogP) is 4.21. The molecule has 5 nitrogen and oxygen atoms in total. The second-order valence-corrected chi connectivity index (χ2v) is 5.98. The van der Waals surface area contributed by atoms with Crippen LogP contribution in [0.15, 0.2) is 48.7 Å². The molecule has 26 heavy (non-hydrogen) atoms. The highest BCUT2D eigenvalue weighted by atomic mass is 35.5. The summed E-state index contributed by atoms with van der Waals surface area (Å²) in [7, 11) is 0. The second-order valence-electron chi connectivity index (χ2n) is 5.59. The molecule has 2 aromatic heterocycles. The Bertz CT molecular complexity index is 899. The maximum absolute atomic E-state index is 13.1. The van der Waals surface area contributed by atoms with Crippen LogP contribution in [-0.4, -0.2) is 28.0 Å². The first-order chi connectivity index (χ1) is 12.6. The van der Waals surface area contributed by atoms with E-state index in [0.717, 1.165) is 5.56 Å². The van der Waals surface area contributed by atoms with E-state index in [0.29, 0.717) is 22.4 Å². The fourth-order valence-corrected chi connectivity index (χ4v) is 2.77. The molecule has 0 bridgehead atoms. The first kappa shape index (κ1) is 18.4. The molecule has 8 heteroatoms. The first-order valence-corrected chi connectivity index (χ1v) is 8.31. The summed E-state index contributed by atoms with van der Waals surface area (Å²) in [6, 6.07) is 10.9. The van der Waals surface area contributed by atoms with Crippen LogP contribution in [0.4, 0.5) is 8.78 Å². The van der Waals surface area contributed by atoms with Crippen molar-refractivity contribution < 1.29 is 13.5 Å². The molecule has 0 aliphatic carbocycles. The van der Waals surface area contributed by atoms with E-state index in [2.05, 4.69) is 10.1 Å². The van der Waals surface area contributed by atoms with Crippen LogP contribution in [0.1, 0.15) is 23.8 Å². The summed E-state index contributed by atoms with van der Waals surface area (Å²) in [6.07, 6.45) is 4.60. The minimum Gasteiger partial charge on any atom is -0.375 e. The molecule has 2 heterocycles. The maximum Gasteiger partial charge on any atom is 0.333 e. The fraction of sp³-hybridized carbons (Fsp3) is 0.222. The van der Waals surface area contributed by atoms with Crippen LogP contribution in [0.2, 0.25) is 5.15 Å². The molecule has 0 spiro atoms. The molecule has 0 aliphatic heterocycles. The molecule has 0 aliphatic rings.